The molecular weight excluding hydrogens is 414 g/mol. The number of nitrogens with one attached hydrogen (secondary N) is 2. The van der Waals surface area contributed by atoms with Gasteiger partial charge in [0.15, 0.2) is 0 Å². The summed E-state index contributed by atoms with van der Waals surface area (Å²) in [5.74, 6) is 0. The maximum atomic E-state index is 12.3. The van der Waals surface area contributed by atoms with E-state index in [-0.39, 0.29) is 5.56 Å². The highest BCUT2D eigenvalue weighted by molar-refractivity contribution is 7.80. The smallest absolute Gasteiger partial charge is 0.272 e. The highest BCUT2D eigenvalue weighted by Gasteiger charge is 2.16. The molecule has 0 saturated carbocycles. The van der Waals surface area contributed by atoms with Crippen molar-refractivity contribution in [3.8, 4) is 11.1 Å². The third kappa shape index (κ3) is 3.43. The maximum absolute atomic E-state index is 12.3. The molecule has 1 atom stereocenters. The van der Waals surface area contributed by atoms with Crippen molar-refractivity contribution in [3.63, 3.8) is 0 Å². The zero-order valence-electron chi connectivity index (χ0n) is 16.6. The van der Waals surface area contributed by atoms with Crippen molar-refractivity contribution in [3.05, 3.63) is 83.2 Å². The fourth-order valence-electron chi connectivity index (χ4n) is 3.99. The van der Waals surface area contributed by atoms with E-state index in [4.69, 9.17) is 0 Å². The van der Waals surface area contributed by atoms with Gasteiger partial charge < -0.3 is 14.1 Å². The first-order chi connectivity index (χ1) is 15.0. The van der Waals surface area contributed by atoms with Crippen LogP contribution in [0.5, 0.6) is 0 Å². The van der Waals surface area contributed by atoms with Gasteiger partial charge in [0.05, 0.1) is 17.5 Å². The van der Waals surface area contributed by atoms with Crippen molar-refractivity contribution in [2.75, 3.05) is 4.72 Å². The molecule has 2 aromatic carbocycles. The van der Waals surface area contributed by atoms with Gasteiger partial charge in [0, 0.05) is 36.9 Å². The lowest BCUT2D eigenvalue weighted by Gasteiger charge is -2.10. The van der Waals surface area contributed by atoms with E-state index in [0.29, 0.717) is 23.3 Å². The van der Waals surface area contributed by atoms with Crippen molar-refractivity contribution < 1.29 is 8.76 Å². The Bertz CT molecular complexity index is 1500. The summed E-state index contributed by atoms with van der Waals surface area (Å²) in [5.41, 5.74) is 5.03. The summed E-state index contributed by atoms with van der Waals surface area (Å²) in [6.45, 7) is 0.609. The molecule has 5 aromatic rings. The molecule has 5 rings (SSSR count). The average Bonchev–Trinajstić information content (AvgIpc) is 3.30. The van der Waals surface area contributed by atoms with Gasteiger partial charge in [-0.1, -0.05) is 30.3 Å². The summed E-state index contributed by atoms with van der Waals surface area (Å²) >= 11 is -2.25. The lowest BCUT2D eigenvalue weighted by molar-refractivity contribution is 0.570. The summed E-state index contributed by atoms with van der Waals surface area (Å²) in [7, 11) is 1.82. The maximum Gasteiger partial charge on any atom is 0.272 e. The minimum Gasteiger partial charge on any atom is -0.345 e. The number of pyridine rings is 1. The van der Waals surface area contributed by atoms with Gasteiger partial charge in [-0.25, -0.2) is 9.19 Å². The molecular formula is C22H19N5O3S. The average molecular weight is 433 g/mol. The van der Waals surface area contributed by atoms with Gasteiger partial charge in [0.25, 0.3) is 16.8 Å². The van der Waals surface area contributed by atoms with E-state index in [2.05, 4.69) is 14.7 Å². The standard InChI is InChI=1S/C22H19N5O3S/c1-26-12-17(16-7-8-23-22(28)21(16)26)15-9-18(25-31(29)30)20-19(10-15)27(13-24-20)11-14-5-3-2-4-6-14/h2-10,12-13,25H,11H2,1H3,(H,23,28)(H,29,30). The molecule has 0 aliphatic rings. The summed E-state index contributed by atoms with van der Waals surface area (Å²) in [6, 6.07) is 15.6. The van der Waals surface area contributed by atoms with Crippen LogP contribution in [0.2, 0.25) is 0 Å². The van der Waals surface area contributed by atoms with Crippen molar-refractivity contribution in [1.29, 1.82) is 0 Å². The second-order valence-electron chi connectivity index (χ2n) is 7.32. The topological polar surface area (TPSA) is 105 Å². The van der Waals surface area contributed by atoms with Crippen LogP contribution < -0.4 is 10.3 Å². The molecule has 1 unspecified atom stereocenters. The van der Waals surface area contributed by atoms with Crippen LogP contribution in [0, 0.1) is 0 Å². The lowest BCUT2D eigenvalue weighted by atomic mass is 10.0. The molecule has 9 heteroatoms. The number of aromatic nitrogens is 4. The molecule has 3 heterocycles. The largest absolute Gasteiger partial charge is 0.345 e. The van der Waals surface area contributed by atoms with Crippen LogP contribution in [-0.4, -0.2) is 27.9 Å². The third-order valence-electron chi connectivity index (χ3n) is 5.33. The molecule has 0 aliphatic carbocycles. The van der Waals surface area contributed by atoms with Gasteiger partial charge in [-0.15, -0.1) is 0 Å². The van der Waals surface area contributed by atoms with Crippen molar-refractivity contribution >= 4 is 38.9 Å². The Morgan fingerprint density at radius 2 is 2.00 bits per heavy atom. The van der Waals surface area contributed by atoms with E-state index in [1.54, 1.807) is 23.2 Å². The monoisotopic (exact) mass is 433 g/mol. The molecule has 8 nitrogen and oxygen atoms in total. The SMILES string of the molecule is Cn1cc(-c2cc(NS(=O)O)c3ncn(Cc4ccccc4)c3c2)c2cc[nH]c(=O)c21. The van der Waals surface area contributed by atoms with Crippen molar-refractivity contribution in [2.45, 2.75) is 6.54 Å². The Morgan fingerprint density at radius 3 is 2.77 bits per heavy atom. The zero-order chi connectivity index (χ0) is 21.5. The predicted molar refractivity (Wildman–Crippen MR) is 122 cm³/mol. The van der Waals surface area contributed by atoms with Gasteiger partial charge in [-0.3, -0.25) is 14.1 Å². The van der Waals surface area contributed by atoms with Gasteiger partial charge in [-0.05, 0) is 29.3 Å². The third-order valence-corrected chi connectivity index (χ3v) is 5.72. The predicted octanol–water partition coefficient (Wildman–Crippen LogP) is 3.48. The Morgan fingerprint density at radius 1 is 1.19 bits per heavy atom. The molecule has 0 radical (unpaired) electrons. The summed E-state index contributed by atoms with van der Waals surface area (Å²) in [5, 5.41) is 0.802. The van der Waals surface area contributed by atoms with Crippen molar-refractivity contribution in [2.24, 2.45) is 7.05 Å². The molecule has 31 heavy (non-hydrogen) atoms. The highest BCUT2D eigenvalue weighted by Crippen LogP contribution is 2.34. The quantitative estimate of drug-likeness (QED) is 0.369. The Labute approximate surface area is 179 Å². The van der Waals surface area contributed by atoms with E-state index in [1.165, 1.54) is 0 Å². The normalized spacial score (nSPS) is 12.5. The fourth-order valence-corrected chi connectivity index (χ4v) is 4.34. The molecule has 0 amide bonds. The molecule has 0 saturated heterocycles. The van der Waals surface area contributed by atoms with E-state index in [0.717, 1.165) is 27.6 Å². The molecule has 0 bridgehead atoms. The summed E-state index contributed by atoms with van der Waals surface area (Å²) < 4.78 is 27.4. The Balaban J connectivity index is 1.74. The van der Waals surface area contributed by atoms with Gasteiger partial charge in [0.2, 0.25) is 0 Å². The molecule has 0 fully saturated rings. The number of H-pyrrole nitrogens is 1. The van der Waals surface area contributed by atoms with Crippen LogP contribution in [0.3, 0.4) is 0 Å². The first-order valence-electron chi connectivity index (χ1n) is 9.58. The molecule has 0 spiro atoms. The summed E-state index contributed by atoms with van der Waals surface area (Å²) in [6.07, 6.45) is 5.23. The lowest BCUT2D eigenvalue weighted by Crippen LogP contribution is -2.07. The molecule has 3 N–H and O–H groups in total. The number of aryl methyl sites for hydroxylation is 1. The van der Waals surface area contributed by atoms with E-state index < -0.39 is 11.3 Å². The highest BCUT2D eigenvalue weighted by atomic mass is 32.2. The fraction of sp³-hybridized carbons (Fsp3) is 0.0909. The number of nitrogens with zero attached hydrogens (tertiary/aromatic N) is 3. The van der Waals surface area contributed by atoms with Crippen LogP contribution >= 0.6 is 0 Å². The van der Waals surface area contributed by atoms with Crippen LogP contribution in [0.1, 0.15) is 5.56 Å². The van der Waals surface area contributed by atoms with Gasteiger partial charge in [-0.2, -0.15) is 0 Å². The van der Waals surface area contributed by atoms with Crippen LogP contribution in [0.25, 0.3) is 33.1 Å². The van der Waals surface area contributed by atoms with E-state index >= 15 is 0 Å². The number of benzene rings is 2. The first-order valence-corrected chi connectivity index (χ1v) is 10.7. The molecule has 0 aliphatic heterocycles. The molecule has 156 valence electrons. The molecule has 3 aromatic heterocycles. The zero-order valence-corrected chi connectivity index (χ0v) is 17.4. The number of hydrogen-bond acceptors (Lipinski definition) is 3. The van der Waals surface area contributed by atoms with Crippen LogP contribution in [-0.2, 0) is 24.9 Å². The Hall–Kier alpha value is -3.69. The second kappa shape index (κ2) is 7.53. The van der Waals surface area contributed by atoms with Gasteiger partial charge >= 0.3 is 0 Å². The van der Waals surface area contributed by atoms with Crippen LogP contribution in [0.4, 0.5) is 5.69 Å². The number of fused-ring (bicyclic) bond motifs is 2. The Kier molecular flexibility index (Phi) is 4.68. The van der Waals surface area contributed by atoms with Crippen molar-refractivity contribution in [1.82, 2.24) is 19.1 Å². The van der Waals surface area contributed by atoms with Gasteiger partial charge in [0.1, 0.15) is 11.0 Å². The number of anilines is 1. The number of rotatable bonds is 5. The first kappa shape index (κ1) is 19.3. The number of hydrogen-bond donors (Lipinski definition) is 3. The number of aromatic amines is 1. The van der Waals surface area contributed by atoms with Crippen LogP contribution in [0.15, 0.2) is 72.0 Å². The second-order valence-corrected chi connectivity index (χ2v) is 8.03. The number of imidazole rings is 1. The minimum atomic E-state index is -2.25. The van der Waals surface area contributed by atoms with E-state index in [1.807, 2.05) is 60.3 Å². The summed E-state index contributed by atoms with van der Waals surface area (Å²) in [4.78, 5) is 19.5. The van der Waals surface area contributed by atoms with E-state index in [9.17, 15) is 13.6 Å². The minimum absolute atomic E-state index is 0.170.